The fourth-order valence-corrected chi connectivity index (χ4v) is 2.92. The molecule has 0 bridgehead atoms. The summed E-state index contributed by atoms with van der Waals surface area (Å²) in [6.45, 7) is 4.46. The van der Waals surface area contributed by atoms with Gasteiger partial charge in [-0.3, -0.25) is 0 Å². The zero-order valence-corrected chi connectivity index (χ0v) is 10.9. The first-order chi connectivity index (χ1) is 8.38. The summed E-state index contributed by atoms with van der Waals surface area (Å²) < 4.78 is 2.39. The second-order valence-corrected chi connectivity index (χ2v) is 5.77. The molecular weight excluding hydrogens is 208 g/mol. The summed E-state index contributed by atoms with van der Waals surface area (Å²) >= 11 is 0. The van der Waals surface area contributed by atoms with E-state index < -0.39 is 0 Å². The molecule has 2 aliphatic carbocycles. The molecule has 1 aromatic heterocycles. The van der Waals surface area contributed by atoms with Crippen molar-refractivity contribution >= 4 is 0 Å². The summed E-state index contributed by atoms with van der Waals surface area (Å²) in [4.78, 5) is 0. The molecule has 1 heterocycles. The van der Waals surface area contributed by atoms with Gasteiger partial charge < -0.3 is 9.88 Å². The highest BCUT2D eigenvalue weighted by Gasteiger charge is 2.40. The predicted octanol–water partition coefficient (Wildman–Crippen LogP) is 3.18. The third-order valence-corrected chi connectivity index (χ3v) is 4.17. The van der Waals surface area contributed by atoms with Gasteiger partial charge in [-0.15, -0.1) is 0 Å². The maximum absolute atomic E-state index is 3.82. The molecule has 2 fully saturated rings. The molecule has 0 aliphatic heterocycles. The smallest absolute Gasteiger partial charge is 0.0361 e. The van der Waals surface area contributed by atoms with Gasteiger partial charge in [0, 0.05) is 31.0 Å². The standard InChI is InChI=1S/C15H24N2/c1-2-9-17-10-3-4-14(17)11-16-15(12-5-6-12)13-7-8-13/h3-4,10,12-13,15-16H,2,5-9,11H2,1H3. The molecule has 3 rings (SSSR count). The molecule has 0 unspecified atom stereocenters. The highest BCUT2D eigenvalue weighted by molar-refractivity contribution is 5.08. The lowest BCUT2D eigenvalue weighted by atomic mass is 10.1. The van der Waals surface area contributed by atoms with Crippen LogP contribution in [0.4, 0.5) is 0 Å². The fraction of sp³-hybridized carbons (Fsp3) is 0.733. The Kier molecular flexibility index (Phi) is 3.24. The predicted molar refractivity (Wildman–Crippen MR) is 70.8 cm³/mol. The summed E-state index contributed by atoms with van der Waals surface area (Å²) in [5.74, 6) is 1.99. The van der Waals surface area contributed by atoms with Crippen LogP contribution in [0.25, 0.3) is 0 Å². The molecule has 1 N–H and O–H groups in total. The molecule has 1 aromatic rings. The Hall–Kier alpha value is -0.760. The van der Waals surface area contributed by atoms with E-state index in [2.05, 4.69) is 35.1 Å². The van der Waals surface area contributed by atoms with E-state index in [0.29, 0.717) is 0 Å². The Morgan fingerprint density at radius 2 is 2.00 bits per heavy atom. The van der Waals surface area contributed by atoms with Crippen molar-refractivity contribution in [3.8, 4) is 0 Å². The molecule has 94 valence electrons. The van der Waals surface area contributed by atoms with Crippen molar-refractivity contribution in [3.63, 3.8) is 0 Å². The maximum Gasteiger partial charge on any atom is 0.0361 e. The molecule has 2 aliphatic rings. The number of rotatable bonds is 7. The molecule has 17 heavy (non-hydrogen) atoms. The van der Waals surface area contributed by atoms with E-state index in [9.17, 15) is 0 Å². The molecule has 0 aromatic carbocycles. The van der Waals surface area contributed by atoms with E-state index >= 15 is 0 Å². The lowest BCUT2D eigenvalue weighted by molar-refractivity contribution is 0.408. The maximum atomic E-state index is 3.82. The highest BCUT2D eigenvalue weighted by Crippen LogP contribution is 2.44. The van der Waals surface area contributed by atoms with Gasteiger partial charge in [0.25, 0.3) is 0 Å². The molecular formula is C15H24N2. The zero-order valence-electron chi connectivity index (χ0n) is 10.9. The number of hydrogen-bond donors (Lipinski definition) is 1. The largest absolute Gasteiger partial charge is 0.350 e. The third kappa shape index (κ3) is 2.74. The lowest BCUT2D eigenvalue weighted by Crippen LogP contribution is -2.33. The molecule has 0 spiro atoms. The fourth-order valence-electron chi connectivity index (χ4n) is 2.92. The normalized spacial score (nSPS) is 20.1. The van der Waals surface area contributed by atoms with Gasteiger partial charge in [-0.1, -0.05) is 6.92 Å². The van der Waals surface area contributed by atoms with Gasteiger partial charge in [0.05, 0.1) is 0 Å². The molecule has 2 heteroatoms. The number of nitrogens with zero attached hydrogens (tertiary/aromatic N) is 1. The van der Waals surface area contributed by atoms with Crippen molar-refractivity contribution in [2.75, 3.05) is 0 Å². The van der Waals surface area contributed by atoms with Crippen LogP contribution in [-0.4, -0.2) is 10.6 Å². The van der Waals surface area contributed by atoms with Gasteiger partial charge in [-0.2, -0.15) is 0 Å². The van der Waals surface area contributed by atoms with Crippen molar-refractivity contribution in [3.05, 3.63) is 24.0 Å². The van der Waals surface area contributed by atoms with Gasteiger partial charge in [-0.25, -0.2) is 0 Å². The Morgan fingerprint density at radius 1 is 1.29 bits per heavy atom. The van der Waals surface area contributed by atoms with E-state index in [0.717, 1.165) is 31.0 Å². The van der Waals surface area contributed by atoms with Crippen LogP contribution in [0, 0.1) is 11.8 Å². The van der Waals surface area contributed by atoms with Gasteiger partial charge in [0.2, 0.25) is 0 Å². The van der Waals surface area contributed by atoms with E-state index in [-0.39, 0.29) is 0 Å². The van der Waals surface area contributed by atoms with Crippen LogP contribution in [-0.2, 0) is 13.1 Å². The number of nitrogens with one attached hydrogen (secondary N) is 1. The van der Waals surface area contributed by atoms with Gasteiger partial charge in [-0.05, 0) is 56.1 Å². The Labute approximate surface area is 104 Å². The minimum absolute atomic E-state index is 0.819. The Morgan fingerprint density at radius 3 is 2.59 bits per heavy atom. The first-order valence-corrected chi connectivity index (χ1v) is 7.26. The van der Waals surface area contributed by atoms with Crippen molar-refractivity contribution < 1.29 is 0 Å². The molecule has 0 saturated heterocycles. The average molecular weight is 232 g/mol. The van der Waals surface area contributed by atoms with Crippen molar-refractivity contribution in [1.29, 1.82) is 0 Å². The van der Waals surface area contributed by atoms with E-state index in [1.165, 1.54) is 37.8 Å². The van der Waals surface area contributed by atoms with Crippen LogP contribution < -0.4 is 5.32 Å². The molecule has 0 radical (unpaired) electrons. The monoisotopic (exact) mass is 232 g/mol. The zero-order chi connectivity index (χ0) is 11.7. The second-order valence-electron chi connectivity index (χ2n) is 5.77. The summed E-state index contributed by atoms with van der Waals surface area (Å²) in [7, 11) is 0. The Balaban J connectivity index is 1.56. The van der Waals surface area contributed by atoms with E-state index in [1.54, 1.807) is 0 Å². The first kappa shape index (κ1) is 11.3. The molecule has 0 amide bonds. The van der Waals surface area contributed by atoms with Crippen molar-refractivity contribution in [2.45, 2.75) is 58.2 Å². The SMILES string of the molecule is CCCn1cccc1CNC(C1CC1)C1CC1. The summed E-state index contributed by atoms with van der Waals surface area (Å²) in [6.07, 6.45) is 9.28. The quantitative estimate of drug-likeness (QED) is 0.764. The van der Waals surface area contributed by atoms with Gasteiger partial charge in [0.1, 0.15) is 0 Å². The Bertz CT molecular complexity index is 349. The van der Waals surface area contributed by atoms with Gasteiger partial charge in [0.15, 0.2) is 0 Å². The lowest BCUT2D eigenvalue weighted by Gasteiger charge is -2.18. The van der Waals surface area contributed by atoms with Crippen molar-refractivity contribution in [1.82, 2.24) is 9.88 Å². The minimum Gasteiger partial charge on any atom is -0.350 e. The molecule has 2 nitrogen and oxygen atoms in total. The van der Waals surface area contributed by atoms with E-state index in [1.807, 2.05) is 0 Å². The van der Waals surface area contributed by atoms with Crippen LogP contribution in [0.5, 0.6) is 0 Å². The highest BCUT2D eigenvalue weighted by atomic mass is 15.0. The van der Waals surface area contributed by atoms with Crippen molar-refractivity contribution in [2.24, 2.45) is 11.8 Å². The van der Waals surface area contributed by atoms with Gasteiger partial charge >= 0.3 is 0 Å². The first-order valence-electron chi connectivity index (χ1n) is 7.26. The van der Waals surface area contributed by atoms with Crippen LogP contribution in [0.15, 0.2) is 18.3 Å². The topological polar surface area (TPSA) is 17.0 Å². The third-order valence-electron chi connectivity index (χ3n) is 4.17. The summed E-state index contributed by atoms with van der Waals surface area (Å²) in [5, 5.41) is 3.82. The van der Waals surface area contributed by atoms with Crippen LogP contribution in [0.1, 0.15) is 44.7 Å². The number of aromatic nitrogens is 1. The van der Waals surface area contributed by atoms with Crippen LogP contribution in [0.2, 0.25) is 0 Å². The number of aryl methyl sites for hydroxylation is 1. The second kappa shape index (κ2) is 4.85. The molecule has 2 saturated carbocycles. The minimum atomic E-state index is 0.819. The summed E-state index contributed by atoms with van der Waals surface area (Å²) in [5.41, 5.74) is 1.46. The number of hydrogen-bond acceptors (Lipinski definition) is 1. The van der Waals surface area contributed by atoms with Crippen LogP contribution in [0.3, 0.4) is 0 Å². The van der Waals surface area contributed by atoms with Crippen LogP contribution >= 0.6 is 0 Å². The average Bonchev–Trinajstić information content (AvgIpc) is 3.21. The molecule has 0 atom stereocenters. The van der Waals surface area contributed by atoms with E-state index in [4.69, 9.17) is 0 Å². The summed E-state index contributed by atoms with van der Waals surface area (Å²) in [6, 6.07) is 5.26.